The molecule has 1 N–H and O–H groups in total. The molecule has 5 rings (SSSR count). The zero-order chi connectivity index (χ0) is 19.1. The van der Waals surface area contributed by atoms with E-state index in [4.69, 9.17) is 9.15 Å². The van der Waals surface area contributed by atoms with Crippen LogP contribution in [0.4, 0.5) is 0 Å². The topological polar surface area (TPSA) is 34.4 Å². The molecule has 0 spiro atoms. The van der Waals surface area contributed by atoms with Crippen LogP contribution in [0.5, 0.6) is 5.75 Å². The summed E-state index contributed by atoms with van der Waals surface area (Å²) in [5.41, 5.74) is 3.84. The molecule has 3 heteroatoms. The molecule has 1 fully saturated rings. The molecular formula is C25H29NO2. The maximum absolute atomic E-state index is 6.49. The summed E-state index contributed by atoms with van der Waals surface area (Å²) < 4.78 is 12.0. The molecule has 3 aromatic rings. The van der Waals surface area contributed by atoms with Gasteiger partial charge in [0.15, 0.2) is 0 Å². The lowest BCUT2D eigenvalue weighted by atomic mass is 9.69. The first-order valence-electron chi connectivity index (χ1n) is 10.6. The molecule has 1 aliphatic carbocycles. The summed E-state index contributed by atoms with van der Waals surface area (Å²) in [6, 6.07) is 17.7. The second-order valence-corrected chi connectivity index (χ2v) is 8.67. The predicted octanol–water partition coefficient (Wildman–Crippen LogP) is 5.33. The van der Waals surface area contributed by atoms with Gasteiger partial charge in [0.1, 0.15) is 17.1 Å². The van der Waals surface area contributed by atoms with Gasteiger partial charge in [-0.15, -0.1) is 0 Å². The Labute approximate surface area is 167 Å². The van der Waals surface area contributed by atoms with Crippen molar-refractivity contribution in [3.63, 3.8) is 0 Å². The summed E-state index contributed by atoms with van der Waals surface area (Å²) >= 11 is 0. The third-order valence-corrected chi connectivity index (χ3v) is 6.76. The minimum Gasteiger partial charge on any atom is -0.497 e. The van der Waals surface area contributed by atoms with E-state index in [1.807, 2.05) is 6.07 Å². The maximum atomic E-state index is 6.49. The van der Waals surface area contributed by atoms with Gasteiger partial charge in [0.05, 0.1) is 7.11 Å². The fourth-order valence-corrected chi connectivity index (χ4v) is 5.57. The fraction of sp³-hybridized carbons (Fsp3) is 0.440. The van der Waals surface area contributed by atoms with Crippen molar-refractivity contribution in [2.75, 3.05) is 13.7 Å². The van der Waals surface area contributed by atoms with Crippen molar-refractivity contribution in [1.82, 2.24) is 5.32 Å². The quantitative estimate of drug-likeness (QED) is 0.672. The van der Waals surface area contributed by atoms with E-state index in [-0.39, 0.29) is 0 Å². The van der Waals surface area contributed by atoms with Crippen molar-refractivity contribution >= 4 is 11.0 Å². The van der Waals surface area contributed by atoms with Crippen LogP contribution in [0, 0.1) is 11.8 Å². The number of hydrogen-bond donors (Lipinski definition) is 1. The van der Waals surface area contributed by atoms with E-state index >= 15 is 0 Å². The van der Waals surface area contributed by atoms with Gasteiger partial charge in [0.25, 0.3) is 0 Å². The smallest absolute Gasteiger partial charge is 0.134 e. The first kappa shape index (κ1) is 17.8. The molecule has 1 aromatic heterocycles. The van der Waals surface area contributed by atoms with Crippen molar-refractivity contribution in [1.29, 1.82) is 0 Å². The highest BCUT2D eigenvalue weighted by Gasteiger charge is 2.41. The lowest BCUT2D eigenvalue weighted by molar-refractivity contribution is 0.175. The summed E-state index contributed by atoms with van der Waals surface area (Å²) in [4.78, 5) is 0. The third kappa shape index (κ3) is 3.12. The van der Waals surface area contributed by atoms with Crippen LogP contribution in [0.15, 0.2) is 52.9 Å². The van der Waals surface area contributed by atoms with Crippen LogP contribution < -0.4 is 10.1 Å². The second-order valence-electron chi connectivity index (χ2n) is 8.67. The number of benzene rings is 2. The molecule has 1 aliphatic heterocycles. The number of rotatable bonds is 3. The second kappa shape index (κ2) is 7.29. The summed E-state index contributed by atoms with van der Waals surface area (Å²) in [5, 5.41) is 5.14. The Hall–Kier alpha value is -2.26. The lowest BCUT2D eigenvalue weighted by Gasteiger charge is -2.40. The van der Waals surface area contributed by atoms with E-state index in [0.717, 1.165) is 30.7 Å². The Kier molecular flexibility index (Phi) is 4.64. The Morgan fingerprint density at radius 2 is 1.96 bits per heavy atom. The van der Waals surface area contributed by atoms with Crippen LogP contribution in [0.25, 0.3) is 11.0 Å². The molecule has 2 aliphatic rings. The number of ether oxygens (including phenoxy) is 1. The van der Waals surface area contributed by atoms with Crippen LogP contribution in [0.1, 0.15) is 42.6 Å². The molecule has 0 radical (unpaired) electrons. The third-order valence-electron chi connectivity index (χ3n) is 6.76. The van der Waals surface area contributed by atoms with Crippen molar-refractivity contribution in [3.8, 4) is 5.75 Å². The van der Waals surface area contributed by atoms with Gasteiger partial charge < -0.3 is 14.5 Å². The van der Waals surface area contributed by atoms with E-state index < -0.39 is 0 Å². The molecule has 4 unspecified atom stereocenters. The molecule has 2 aromatic carbocycles. The molecule has 28 heavy (non-hydrogen) atoms. The van der Waals surface area contributed by atoms with Gasteiger partial charge in [-0.3, -0.25) is 0 Å². The number of methoxy groups -OCH3 is 1. The molecule has 0 bridgehead atoms. The number of furan rings is 1. The summed E-state index contributed by atoms with van der Waals surface area (Å²) in [5.74, 6) is 3.94. The highest BCUT2D eigenvalue weighted by atomic mass is 16.5. The van der Waals surface area contributed by atoms with E-state index in [2.05, 4.69) is 54.7 Å². The van der Waals surface area contributed by atoms with Crippen LogP contribution in [0.3, 0.4) is 0 Å². The van der Waals surface area contributed by atoms with Gasteiger partial charge in [-0.25, -0.2) is 0 Å². The summed E-state index contributed by atoms with van der Waals surface area (Å²) in [6.45, 7) is 3.42. The minimum atomic E-state index is 0.452. The average molecular weight is 376 g/mol. The Morgan fingerprint density at radius 3 is 2.79 bits per heavy atom. The average Bonchev–Trinajstić information content (AvgIpc) is 2.97. The van der Waals surface area contributed by atoms with Crippen molar-refractivity contribution < 1.29 is 9.15 Å². The fourth-order valence-electron chi connectivity index (χ4n) is 5.57. The van der Waals surface area contributed by atoms with Crippen molar-refractivity contribution in [2.24, 2.45) is 11.8 Å². The highest BCUT2D eigenvalue weighted by molar-refractivity contribution is 5.84. The first-order chi connectivity index (χ1) is 13.7. The van der Waals surface area contributed by atoms with Crippen LogP contribution in [-0.4, -0.2) is 19.7 Å². The van der Waals surface area contributed by atoms with Crippen LogP contribution in [0.2, 0.25) is 0 Å². The van der Waals surface area contributed by atoms with Gasteiger partial charge >= 0.3 is 0 Å². The van der Waals surface area contributed by atoms with E-state index in [0.29, 0.717) is 23.8 Å². The molecule has 146 valence electrons. The largest absolute Gasteiger partial charge is 0.497 e. The monoisotopic (exact) mass is 375 g/mol. The number of nitrogens with one attached hydrogen (secondary N) is 1. The van der Waals surface area contributed by atoms with Crippen molar-refractivity contribution in [3.05, 3.63) is 65.4 Å². The van der Waals surface area contributed by atoms with Crippen LogP contribution in [-0.2, 0) is 12.8 Å². The highest BCUT2D eigenvalue weighted by Crippen LogP contribution is 2.45. The number of fused-ring (bicyclic) bond motifs is 5. The normalized spacial score (nSPS) is 27.1. The summed E-state index contributed by atoms with van der Waals surface area (Å²) in [6.07, 6.45) is 4.65. The maximum Gasteiger partial charge on any atom is 0.134 e. The number of hydrogen-bond acceptors (Lipinski definition) is 3. The lowest BCUT2D eigenvalue weighted by Crippen LogP contribution is -2.45. The van der Waals surface area contributed by atoms with Gasteiger partial charge in [-0.2, -0.15) is 0 Å². The Bertz CT molecular complexity index is 961. The Morgan fingerprint density at radius 1 is 1.11 bits per heavy atom. The zero-order valence-electron chi connectivity index (χ0n) is 16.8. The van der Waals surface area contributed by atoms with Gasteiger partial charge in [0, 0.05) is 22.9 Å². The van der Waals surface area contributed by atoms with Gasteiger partial charge in [0.2, 0.25) is 0 Å². The predicted molar refractivity (Wildman–Crippen MR) is 113 cm³/mol. The zero-order valence-corrected chi connectivity index (χ0v) is 16.8. The molecule has 1 saturated carbocycles. The molecule has 3 nitrogen and oxygen atoms in total. The molecule has 2 heterocycles. The first-order valence-corrected chi connectivity index (χ1v) is 10.6. The van der Waals surface area contributed by atoms with Crippen LogP contribution >= 0.6 is 0 Å². The van der Waals surface area contributed by atoms with Gasteiger partial charge in [-0.1, -0.05) is 37.3 Å². The minimum absolute atomic E-state index is 0.452. The van der Waals surface area contributed by atoms with Crippen molar-refractivity contribution in [2.45, 2.75) is 44.6 Å². The van der Waals surface area contributed by atoms with E-state index in [1.54, 1.807) is 7.11 Å². The van der Waals surface area contributed by atoms with E-state index in [9.17, 15) is 0 Å². The summed E-state index contributed by atoms with van der Waals surface area (Å²) in [7, 11) is 1.73. The molecule has 0 amide bonds. The molecule has 0 saturated heterocycles. The standard InChI is InChI=1S/C25H29NO2/c1-16-12-18(14-17-6-4-3-5-7-17)24-22(13-16)25-20(10-11-26-24)21-15-19(27-2)8-9-23(21)28-25/h3-9,15-16,18,22,24,26H,10-14H2,1-2H3. The molecule has 4 atom stereocenters. The SMILES string of the molecule is COc1ccc2oc3c(c2c1)CCNC1C(Cc2ccccc2)CC(C)CC31. The Balaban J connectivity index is 1.53. The van der Waals surface area contributed by atoms with E-state index in [1.165, 1.54) is 35.1 Å². The van der Waals surface area contributed by atoms with Gasteiger partial charge in [-0.05, 0) is 67.8 Å². The molecular weight excluding hydrogens is 346 g/mol.